The molecule has 5 nitrogen and oxygen atoms in total. The van der Waals surface area contributed by atoms with Gasteiger partial charge in [-0.15, -0.1) is 0 Å². The number of thioether (sulfide) groups is 1. The first-order valence-electron chi connectivity index (χ1n) is 8.60. The Bertz CT molecular complexity index is 406. The lowest BCUT2D eigenvalue weighted by atomic mass is 10.1. The van der Waals surface area contributed by atoms with Crippen LogP contribution in [0.15, 0.2) is 0 Å². The normalized spacial score (nSPS) is 27.3. The van der Waals surface area contributed by atoms with Crippen molar-refractivity contribution in [1.29, 1.82) is 0 Å². The van der Waals surface area contributed by atoms with E-state index < -0.39 is 0 Å². The summed E-state index contributed by atoms with van der Waals surface area (Å²) in [5.41, 5.74) is 0. The smallest absolute Gasteiger partial charge is 0.234 e. The van der Waals surface area contributed by atoms with Crippen LogP contribution in [0.2, 0.25) is 0 Å². The predicted molar refractivity (Wildman–Crippen MR) is 88.9 cm³/mol. The van der Waals surface area contributed by atoms with Crippen LogP contribution in [-0.2, 0) is 9.59 Å². The van der Waals surface area contributed by atoms with Crippen LogP contribution < -0.4 is 5.32 Å². The lowest BCUT2D eigenvalue weighted by molar-refractivity contribution is -0.135. The topological polar surface area (TPSA) is 52.7 Å². The molecule has 0 aromatic rings. The van der Waals surface area contributed by atoms with Crippen molar-refractivity contribution in [3.8, 4) is 0 Å². The standard InChI is InChI=1S/C16H27N3O2S/c20-15(17-14-3-1-2-4-14)12-18-6-5-13(11-18)16(21)19-7-9-22-10-8-19/h13-14H,1-12H2,(H,17,20). The largest absolute Gasteiger partial charge is 0.352 e. The third kappa shape index (κ3) is 4.16. The van der Waals surface area contributed by atoms with E-state index in [1.165, 1.54) is 12.8 Å². The molecule has 3 aliphatic rings. The Morgan fingerprint density at radius 3 is 2.50 bits per heavy atom. The quantitative estimate of drug-likeness (QED) is 0.836. The van der Waals surface area contributed by atoms with Crippen LogP contribution in [0.3, 0.4) is 0 Å². The van der Waals surface area contributed by atoms with E-state index in [0.29, 0.717) is 18.5 Å². The molecule has 2 aliphatic heterocycles. The Morgan fingerprint density at radius 1 is 1.05 bits per heavy atom. The predicted octanol–water partition coefficient (Wildman–Crippen LogP) is 0.943. The van der Waals surface area contributed by atoms with Crippen LogP contribution in [0, 0.1) is 5.92 Å². The first-order chi connectivity index (χ1) is 10.7. The van der Waals surface area contributed by atoms with Crippen LogP contribution in [0.25, 0.3) is 0 Å². The van der Waals surface area contributed by atoms with Crippen molar-refractivity contribution in [2.45, 2.75) is 38.1 Å². The summed E-state index contributed by atoms with van der Waals surface area (Å²) in [7, 11) is 0. The third-order valence-corrected chi connectivity index (χ3v) is 5.97. The Morgan fingerprint density at radius 2 is 1.77 bits per heavy atom. The van der Waals surface area contributed by atoms with E-state index in [9.17, 15) is 9.59 Å². The van der Waals surface area contributed by atoms with Gasteiger partial charge in [-0.1, -0.05) is 12.8 Å². The number of hydrogen-bond donors (Lipinski definition) is 1. The summed E-state index contributed by atoms with van der Waals surface area (Å²) in [5.74, 6) is 2.66. The van der Waals surface area contributed by atoms with E-state index >= 15 is 0 Å². The fourth-order valence-corrected chi connectivity index (χ4v) is 4.67. The van der Waals surface area contributed by atoms with Gasteiger partial charge >= 0.3 is 0 Å². The summed E-state index contributed by atoms with van der Waals surface area (Å²) < 4.78 is 0. The van der Waals surface area contributed by atoms with Gasteiger partial charge in [0.1, 0.15) is 0 Å². The molecule has 6 heteroatoms. The number of amides is 2. The monoisotopic (exact) mass is 325 g/mol. The van der Waals surface area contributed by atoms with Gasteiger partial charge in [0, 0.05) is 37.2 Å². The maximum atomic E-state index is 12.5. The number of nitrogens with zero attached hydrogens (tertiary/aromatic N) is 2. The van der Waals surface area contributed by atoms with E-state index in [-0.39, 0.29) is 11.8 Å². The van der Waals surface area contributed by atoms with Crippen molar-refractivity contribution >= 4 is 23.6 Å². The highest BCUT2D eigenvalue weighted by Crippen LogP contribution is 2.21. The SMILES string of the molecule is O=C(CN1CCC(C(=O)N2CCSCC2)C1)NC1CCCC1. The number of hydrogen-bond acceptors (Lipinski definition) is 4. The summed E-state index contributed by atoms with van der Waals surface area (Å²) in [6.07, 6.45) is 5.62. The second-order valence-electron chi connectivity index (χ2n) is 6.71. The molecule has 1 N–H and O–H groups in total. The summed E-state index contributed by atoms with van der Waals surface area (Å²) in [6.45, 7) is 3.86. The molecule has 3 fully saturated rings. The van der Waals surface area contributed by atoms with Crippen LogP contribution in [0.4, 0.5) is 0 Å². The molecule has 0 spiro atoms. The van der Waals surface area contributed by atoms with Gasteiger partial charge in [-0.3, -0.25) is 14.5 Å². The van der Waals surface area contributed by atoms with E-state index in [2.05, 4.69) is 10.2 Å². The highest BCUT2D eigenvalue weighted by molar-refractivity contribution is 7.99. The molecular formula is C16H27N3O2S. The molecule has 2 saturated heterocycles. The van der Waals surface area contributed by atoms with Crippen molar-refractivity contribution in [3.05, 3.63) is 0 Å². The zero-order valence-corrected chi connectivity index (χ0v) is 14.1. The first kappa shape index (κ1) is 16.1. The summed E-state index contributed by atoms with van der Waals surface area (Å²) in [5, 5.41) is 3.13. The maximum Gasteiger partial charge on any atom is 0.234 e. The van der Waals surface area contributed by atoms with E-state index in [1.807, 2.05) is 16.7 Å². The molecule has 1 atom stereocenters. The third-order valence-electron chi connectivity index (χ3n) is 5.03. The number of rotatable bonds is 4. The molecule has 2 amide bonds. The van der Waals surface area contributed by atoms with Crippen molar-refractivity contribution in [1.82, 2.24) is 15.1 Å². The minimum Gasteiger partial charge on any atom is -0.352 e. The van der Waals surface area contributed by atoms with E-state index in [4.69, 9.17) is 0 Å². The van der Waals surface area contributed by atoms with E-state index in [0.717, 1.165) is 56.9 Å². The Hall–Kier alpha value is -0.750. The second-order valence-corrected chi connectivity index (χ2v) is 7.93. The minimum absolute atomic E-state index is 0.0994. The van der Waals surface area contributed by atoms with Gasteiger partial charge < -0.3 is 10.2 Å². The lowest BCUT2D eigenvalue weighted by Gasteiger charge is -2.29. The zero-order chi connectivity index (χ0) is 15.4. The molecule has 22 heavy (non-hydrogen) atoms. The van der Waals surface area contributed by atoms with Crippen molar-refractivity contribution < 1.29 is 9.59 Å². The van der Waals surface area contributed by atoms with Gasteiger partial charge in [0.2, 0.25) is 11.8 Å². The van der Waals surface area contributed by atoms with Gasteiger partial charge in [-0.05, 0) is 25.8 Å². The first-order valence-corrected chi connectivity index (χ1v) is 9.76. The molecule has 3 rings (SSSR count). The summed E-state index contributed by atoms with van der Waals surface area (Å²) in [4.78, 5) is 28.7. The number of nitrogens with one attached hydrogen (secondary N) is 1. The second kappa shape index (κ2) is 7.68. The highest BCUT2D eigenvalue weighted by atomic mass is 32.2. The summed E-state index contributed by atoms with van der Waals surface area (Å²) in [6, 6.07) is 0.387. The molecule has 0 aromatic heterocycles. The molecule has 1 aliphatic carbocycles. The Kier molecular flexibility index (Phi) is 5.63. The average molecular weight is 325 g/mol. The fourth-order valence-electron chi connectivity index (χ4n) is 3.77. The van der Waals surface area contributed by atoms with Gasteiger partial charge in [0.05, 0.1) is 12.5 Å². The van der Waals surface area contributed by atoms with Crippen molar-refractivity contribution in [2.75, 3.05) is 44.2 Å². The maximum absolute atomic E-state index is 12.5. The fraction of sp³-hybridized carbons (Fsp3) is 0.875. The molecule has 2 heterocycles. The van der Waals surface area contributed by atoms with E-state index in [1.54, 1.807) is 0 Å². The Labute approximate surface area is 137 Å². The van der Waals surface area contributed by atoms with Crippen molar-refractivity contribution in [3.63, 3.8) is 0 Å². The van der Waals surface area contributed by atoms with Gasteiger partial charge in [0.15, 0.2) is 0 Å². The molecule has 0 aromatic carbocycles. The zero-order valence-electron chi connectivity index (χ0n) is 13.3. The molecule has 0 bridgehead atoms. The van der Waals surface area contributed by atoms with Gasteiger partial charge in [0.25, 0.3) is 0 Å². The minimum atomic E-state index is 0.0994. The molecular weight excluding hydrogens is 298 g/mol. The van der Waals surface area contributed by atoms with Crippen molar-refractivity contribution in [2.24, 2.45) is 5.92 Å². The molecule has 0 radical (unpaired) electrons. The van der Waals surface area contributed by atoms with Crippen LogP contribution in [0.5, 0.6) is 0 Å². The van der Waals surface area contributed by atoms with Gasteiger partial charge in [-0.2, -0.15) is 11.8 Å². The summed E-state index contributed by atoms with van der Waals surface area (Å²) >= 11 is 1.93. The lowest BCUT2D eigenvalue weighted by Crippen LogP contribution is -2.43. The average Bonchev–Trinajstić information content (AvgIpc) is 3.19. The molecule has 1 saturated carbocycles. The highest BCUT2D eigenvalue weighted by Gasteiger charge is 2.32. The number of carbonyl (C=O) groups excluding carboxylic acids is 2. The molecule has 1 unspecified atom stereocenters. The van der Waals surface area contributed by atoms with Gasteiger partial charge in [-0.25, -0.2) is 0 Å². The van der Waals surface area contributed by atoms with Crippen LogP contribution in [-0.4, -0.2) is 71.9 Å². The van der Waals surface area contributed by atoms with Crippen LogP contribution in [0.1, 0.15) is 32.1 Å². The number of carbonyl (C=O) groups is 2. The Balaban J connectivity index is 1.41. The van der Waals surface area contributed by atoms with Crippen LogP contribution >= 0.6 is 11.8 Å². The molecule has 124 valence electrons. The number of likely N-dealkylation sites (tertiary alicyclic amines) is 1.